The smallest absolute Gasteiger partial charge is 0.306 e. The number of carbonyl (C=O) groups is 1. The van der Waals surface area contributed by atoms with Crippen molar-refractivity contribution < 1.29 is 23.8 Å². The number of halogens is 1. The van der Waals surface area contributed by atoms with Crippen molar-refractivity contribution in [3.63, 3.8) is 0 Å². The molecule has 160 valence electrons. The van der Waals surface area contributed by atoms with E-state index in [-0.39, 0.29) is 11.7 Å². The van der Waals surface area contributed by atoms with E-state index in [9.17, 15) is 9.18 Å². The highest BCUT2D eigenvalue weighted by Crippen LogP contribution is 2.35. The number of fused-ring (bicyclic) bond motifs is 1. The number of ether oxygens (including phenoxy) is 2. The van der Waals surface area contributed by atoms with E-state index in [0.717, 1.165) is 34.4 Å². The van der Waals surface area contributed by atoms with Crippen LogP contribution >= 0.6 is 0 Å². The molecule has 0 amide bonds. The molecule has 1 heterocycles. The van der Waals surface area contributed by atoms with Gasteiger partial charge in [-0.1, -0.05) is 43.3 Å². The lowest BCUT2D eigenvalue weighted by Gasteiger charge is -2.26. The van der Waals surface area contributed by atoms with Crippen molar-refractivity contribution in [3.8, 4) is 22.6 Å². The number of carboxylic acids is 1. The highest BCUT2D eigenvalue weighted by atomic mass is 19.1. The van der Waals surface area contributed by atoms with Gasteiger partial charge in [-0.3, -0.25) is 4.79 Å². The maximum Gasteiger partial charge on any atom is 0.306 e. The molecule has 0 aliphatic carbocycles. The minimum absolute atomic E-state index is 0.184. The van der Waals surface area contributed by atoms with Crippen LogP contribution in [0.15, 0.2) is 60.7 Å². The summed E-state index contributed by atoms with van der Waals surface area (Å²) in [6.45, 7) is 2.29. The molecular formula is C26H25FO4. The molecule has 1 aliphatic heterocycles. The summed E-state index contributed by atoms with van der Waals surface area (Å²) in [5.74, 6) is 0.154. The van der Waals surface area contributed by atoms with E-state index in [0.29, 0.717) is 24.3 Å². The lowest BCUT2D eigenvalue weighted by molar-refractivity contribution is -0.141. The Morgan fingerprint density at radius 2 is 1.94 bits per heavy atom. The van der Waals surface area contributed by atoms with E-state index in [1.165, 1.54) is 6.07 Å². The number of methoxy groups -OCH3 is 1. The van der Waals surface area contributed by atoms with Gasteiger partial charge in [0.1, 0.15) is 17.3 Å². The second-order valence-corrected chi connectivity index (χ2v) is 8.07. The van der Waals surface area contributed by atoms with Gasteiger partial charge in [-0.25, -0.2) is 4.39 Å². The minimum Gasteiger partial charge on any atom is -0.497 e. The van der Waals surface area contributed by atoms with Crippen molar-refractivity contribution in [2.24, 2.45) is 5.92 Å². The fourth-order valence-electron chi connectivity index (χ4n) is 4.02. The molecule has 0 saturated heterocycles. The Kier molecular flexibility index (Phi) is 5.94. The van der Waals surface area contributed by atoms with E-state index in [2.05, 4.69) is 6.07 Å². The predicted molar refractivity (Wildman–Crippen MR) is 117 cm³/mol. The van der Waals surface area contributed by atoms with Crippen LogP contribution in [0.2, 0.25) is 0 Å². The van der Waals surface area contributed by atoms with Gasteiger partial charge in [-0.15, -0.1) is 0 Å². The van der Waals surface area contributed by atoms with Gasteiger partial charge < -0.3 is 14.6 Å². The maximum atomic E-state index is 14.3. The average molecular weight is 420 g/mol. The normalized spacial score (nSPS) is 16.2. The molecule has 3 aromatic rings. The molecule has 1 N–H and O–H groups in total. The van der Waals surface area contributed by atoms with Gasteiger partial charge in [0.2, 0.25) is 0 Å². The Morgan fingerprint density at radius 3 is 2.65 bits per heavy atom. The third-order valence-corrected chi connectivity index (χ3v) is 5.86. The zero-order chi connectivity index (χ0) is 22.0. The fourth-order valence-corrected chi connectivity index (χ4v) is 4.02. The summed E-state index contributed by atoms with van der Waals surface area (Å²) >= 11 is 0. The first-order valence-electron chi connectivity index (χ1n) is 10.4. The molecular weight excluding hydrogens is 395 g/mol. The van der Waals surface area contributed by atoms with Crippen molar-refractivity contribution in [2.45, 2.75) is 25.7 Å². The van der Waals surface area contributed by atoms with Crippen LogP contribution in [-0.2, 0) is 17.6 Å². The minimum atomic E-state index is -0.792. The van der Waals surface area contributed by atoms with Crippen LogP contribution in [0.25, 0.3) is 11.1 Å². The van der Waals surface area contributed by atoms with Crippen LogP contribution in [0.3, 0.4) is 0 Å². The molecule has 0 radical (unpaired) electrons. The summed E-state index contributed by atoms with van der Waals surface area (Å²) in [5, 5.41) is 9.17. The van der Waals surface area contributed by atoms with Crippen LogP contribution in [0, 0.1) is 11.7 Å². The SMILES string of the molecule is COc1ccc(F)c(-c2ccc(C3COc4ccc(CC(C)C(=O)O)cc4C3)cc2)c1. The maximum absolute atomic E-state index is 14.3. The molecule has 4 rings (SSSR count). The molecule has 5 heteroatoms. The lowest BCUT2D eigenvalue weighted by Crippen LogP contribution is -2.19. The van der Waals surface area contributed by atoms with Gasteiger partial charge in [0.05, 0.1) is 19.6 Å². The Hall–Kier alpha value is -3.34. The van der Waals surface area contributed by atoms with Gasteiger partial charge in [0.15, 0.2) is 0 Å². The molecule has 31 heavy (non-hydrogen) atoms. The van der Waals surface area contributed by atoms with Crippen molar-refractivity contribution in [2.75, 3.05) is 13.7 Å². The molecule has 2 atom stereocenters. The van der Waals surface area contributed by atoms with Gasteiger partial charge >= 0.3 is 5.97 Å². The fraction of sp³-hybridized carbons (Fsp3) is 0.269. The van der Waals surface area contributed by atoms with Crippen LogP contribution in [0.1, 0.15) is 29.5 Å². The summed E-state index contributed by atoms with van der Waals surface area (Å²) in [5.41, 5.74) is 4.52. The summed E-state index contributed by atoms with van der Waals surface area (Å²) in [6.07, 6.45) is 1.31. The van der Waals surface area contributed by atoms with Gasteiger partial charge in [0, 0.05) is 11.5 Å². The first-order valence-corrected chi connectivity index (χ1v) is 10.4. The van der Waals surface area contributed by atoms with Crippen molar-refractivity contribution in [3.05, 3.63) is 83.2 Å². The molecule has 0 saturated carbocycles. The van der Waals surface area contributed by atoms with E-state index in [4.69, 9.17) is 14.6 Å². The number of rotatable bonds is 6. The van der Waals surface area contributed by atoms with Crippen LogP contribution < -0.4 is 9.47 Å². The number of carboxylic acid groups (broad SMARTS) is 1. The number of hydrogen-bond donors (Lipinski definition) is 1. The van der Waals surface area contributed by atoms with Crippen LogP contribution in [0.5, 0.6) is 11.5 Å². The molecule has 4 nitrogen and oxygen atoms in total. The third-order valence-electron chi connectivity index (χ3n) is 5.86. The zero-order valence-corrected chi connectivity index (χ0v) is 17.6. The second kappa shape index (κ2) is 8.80. The van der Waals surface area contributed by atoms with E-state index < -0.39 is 11.9 Å². The summed E-state index contributed by atoms with van der Waals surface area (Å²) < 4.78 is 25.5. The second-order valence-electron chi connectivity index (χ2n) is 8.07. The van der Waals surface area contributed by atoms with Crippen molar-refractivity contribution in [1.29, 1.82) is 0 Å². The summed E-state index contributed by atoms with van der Waals surface area (Å²) in [7, 11) is 1.56. The van der Waals surface area contributed by atoms with Crippen molar-refractivity contribution >= 4 is 5.97 Å². The number of benzene rings is 3. The van der Waals surface area contributed by atoms with E-state index in [1.807, 2.05) is 36.4 Å². The molecule has 0 bridgehead atoms. The van der Waals surface area contributed by atoms with Crippen LogP contribution in [-0.4, -0.2) is 24.8 Å². The Bertz CT molecular complexity index is 1090. The molecule has 0 fully saturated rings. The largest absolute Gasteiger partial charge is 0.497 e. The third kappa shape index (κ3) is 4.55. The monoisotopic (exact) mass is 420 g/mol. The Balaban J connectivity index is 1.52. The van der Waals surface area contributed by atoms with Crippen LogP contribution in [0.4, 0.5) is 4.39 Å². The summed E-state index contributed by atoms with van der Waals surface area (Å²) in [4.78, 5) is 11.2. The van der Waals surface area contributed by atoms with E-state index >= 15 is 0 Å². The molecule has 1 aliphatic rings. The zero-order valence-electron chi connectivity index (χ0n) is 17.6. The van der Waals surface area contributed by atoms with E-state index in [1.54, 1.807) is 26.2 Å². The topological polar surface area (TPSA) is 55.8 Å². The highest BCUT2D eigenvalue weighted by Gasteiger charge is 2.22. The quantitative estimate of drug-likeness (QED) is 0.573. The Morgan fingerprint density at radius 1 is 1.16 bits per heavy atom. The molecule has 2 unspecified atom stereocenters. The predicted octanol–water partition coefficient (Wildman–Crippen LogP) is 5.48. The van der Waals surface area contributed by atoms with Gasteiger partial charge in [0.25, 0.3) is 0 Å². The first-order chi connectivity index (χ1) is 14.9. The number of hydrogen-bond acceptors (Lipinski definition) is 3. The molecule has 0 aromatic heterocycles. The standard InChI is InChI=1S/C26H25FO4/c1-16(26(28)29)11-17-3-10-25-20(12-17)13-21(15-31-25)18-4-6-19(7-5-18)23-14-22(30-2)8-9-24(23)27/h3-10,12,14,16,21H,11,13,15H2,1-2H3,(H,28,29). The highest BCUT2D eigenvalue weighted by molar-refractivity contribution is 5.70. The molecule has 3 aromatic carbocycles. The van der Waals surface area contributed by atoms with Gasteiger partial charge in [-0.05, 0) is 59.4 Å². The average Bonchev–Trinajstić information content (AvgIpc) is 2.79. The first kappa shape index (κ1) is 20.9. The van der Waals surface area contributed by atoms with Crippen molar-refractivity contribution in [1.82, 2.24) is 0 Å². The lowest BCUT2D eigenvalue weighted by atomic mass is 9.88. The Labute approximate surface area is 181 Å². The molecule has 0 spiro atoms. The summed E-state index contributed by atoms with van der Waals surface area (Å²) in [6, 6.07) is 18.5. The van der Waals surface area contributed by atoms with Gasteiger partial charge in [-0.2, -0.15) is 0 Å². The number of aliphatic carboxylic acids is 1.